The van der Waals surface area contributed by atoms with Gasteiger partial charge in [0.2, 0.25) is 0 Å². The number of nitrogens with one attached hydrogen (secondary N) is 2. The molecule has 0 unspecified atom stereocenters. The Kier molecular flexibility index (Phi) is 9.04. The maximum atomic E-state index is 13.1. The standard InChI is InChI=1S/C30H44N4O2/c1-19(2)33(20(3)4)29(35)31-27-17-23-9-13-25(27)15-11-24-10-14-26(16-12-23)28(18-24)32-30(36)34(21(5)6)22(7)8/h9-10,13-14,17-22H,11-12,15-16H2,1-8H3,(H,31,35)(H,32,36). The van der Waals surface area contributed by atoms with Crippen molar-refractivity contribution in [2.75, 3.05) is 10.6 Å². The van der Waals surface area contributed by atoms with E-state index in [0.717, 1.165) is 48.2 Å². The molecule has 0 fully saturated rings. The van der Waals surface area contributed by atoms with Crippen LogP contribution in [0.5, 0.6) is 0 Å². The van der Waals surface area contributed by atoms with E-state index in [1.807, 2.05) is 65.2 Å². The highest BCUT2D eigenvalue weighted by molar-refractivity contribution is 5.91. The number of nitrogens with zero attached hydrogens (tertiary/aromatic N) is 2. The third kappa shape index (κ3) is 6.59. The minimum absolute atomic E-state index is 0.0568. The summed E-state index contributed by atoms with van der Waals surface area (Å²) in [6.07, 6.45) is 3.25. The fraction of sp³-hybridized carbons (Fsp3) is 0.533. The Morgan fingerprint density at radius 2 is 0.917 bits per heavy atom. The van der Waals surface area contributed by atoms with E-state index in [4.69, 9.17) is 0 Å². The molecule has 2 aromatic rings. The van der Waals surface area contributed by atoms with Gasteiger partial charge in [0, 0.05) is 35.5 Å². The summed E-state index contributed by atoms with van der Waals surface area (Å²) in [6, 6.07) is 13.3. The molecule has 0 saturated carbocycles. The van der Waals surface area contributed by atoms with Gasteiger partial charge >= 0.3 is 12.1 Å². The number of carbonyl (C=O) groups is 2. The van der Waals surface area contributed by atoms with Gasteiger partial charge in [-0.15, -0.1) is 0 Å². The Bertz CT molecular complexity index is 973. The van der Waals surface area contributed by atoms with Crippen LogP contribution in [0.25, 0.3) is 0 Å². The van der Waals surface area contributed by atoms with Crippen molar-refractivity contribution in [3.8, 4) is 0 Å². The van der Waals surface area contributed by atoms with Gasteiger partial charge in [-0.25, -0.2) is 9.59 Å². The summed E-state index contributed by atoms with van der Waals surface area (Å²) in [6.45, 7) is 16.4. The van der Waals surface area contributed by atoms with Gasteiger partial charge in [-0.05, 0) is 115 Å². The van der Waals surface area contributed by atoms with Gasteiger partial charge in [-0.1, -0.05) is 24.3 Å². The molecule has 0 atom stereocenters. The number of urea groups is 2. The predicted octanol–water partition coefficient (Wildman–Crippen LogP) is 6.87. The van der Waals surface area contributed by atoms with Crippen LogP contribution in [0, 0.1) is 0 Å². The summed E-state index contributed by atoms with van der Waals surface area (Å²) < 4.78 is 0. The monoisotopic (exact) mass is 492 g/mol. The van der Waals surface area contributed by atoms with Crippen LogP contribution >= 0.6 is 0 Å². The highest BCUT2D eigenvalue weighted by Gasteiger charge is 2.23. The first-order valence-corrected chi connectivity index (χ1v) is 13.4. The van der Waals surface area contributed by atoms with Crippen molar-refractivity contribution in [1.29, 1.82) is 0 Å². The highest BCUT2D eigenvalue weighted by atomic mass is 16.2. The van der Waals surface area contributed by atoms with Crippen LogP contribution in [0.15, 0.2) is 36.4 Å². The summed E-state index contributed by atoms with van der Waals surface area (Å²) in [7, 11) is 0. The zero-order valence-electron chi connectivity index (χ0n) is 23.3. The molecule has 36 heavy (non-hydrogen) atoms. The molecule has 0 saturated heterocycles. The lowest BCUT2D eigenvalue weighted by Gasteiger charge is -2.31. The van der Waals surface area contributed by atoms with E-state index in [1.54, 1.807) is 0 Å². The Morgan fingerprint density at radius 3 is 1.22 bits per heavy atom. The van der Waals surface area contributed by atoms with Crippen molar-refractivity contribution in [3.05, 3.63) is 58.7 Å². The molecule has 6 rings (SSSR count). The number of aryl methyl sites for hydroxylation is 4. The highest BCUT2D eigenvalue weighted by Crippen LogP contribution is 2.27. The topological polar surface area (TPSA) is 64.7 Å². The third-order valence-electron chi connectivity index (χ3n) is 6.89. The summed E-state index contributed by atoms with van der Waals surface area (Å²) in [5, 5.41) is 6.41. The number of amides is 4. The van der Waals surface area contributed by atoms with Crippen LogP contribution in [-0.2, 0) is 25.7 Å². The van der Waals surface area contributed by atoms with E-state index >= 15 is 0 Å². The SMILES string of the molecule is CC(C)N(C(=O)Nc1cc2ccc1CCc1ccc(c(NC(=O)N(C(C)C)C(C)C)c1)CC2)C(C)C. The van der Waals surface area contributed by atoms with Crippen LogP contribution in [0.2, 0.25) is 0 Å². The van der Waals surface area contributed by atoms with Gasteiger partial charge in [-0.2, -0.15) is 0 Å². The van der Waals surface area contributed by atoms with Crippen molar-refractivity contribution in [1.82, 2.24) is 9.80 Å². The fourth-order valence-corrected chi connectivity index (χ4v) is 5.28. The van der Waals surface area contributed by atoms with Crippen molar-refractivity contribution in [2.45, 2.75) is 105 Å². The Morgan fingerprint density at radius 1 is 0.583 bits per heavy atom. The first-order valence-electron chi connectivity index (χ1n) is 13.4. The van der Waals surface area contributed by atoms with Gasteiger partial charge in [0.1, 0.15) is 0 Å². The zero-order chi connectivity index (χ0) is 26.6. The van der Waals surface area contributed by atoms with Crippen LogP contribution in [0.3, 0.4) is 0 Å². The number of benzene rings is 2. The first-order chi connectivity index (χ1) is 17.0. The molecule has 2 N–H and O–H groups in total. The Balaban J connectivity index is 1.86. The Hall–Kier alpha value is -3.02. The second-order valence-corrected chi connectivity index (χ2v) is 11.0. The molecule has 0 aliphatic heterocycles. The summed E-state index contributed by atoms with van der Waals surface area (Å²) in [5.74, 6) is 0. The molecule has 0 aromatic heterocycles. The number of hydrogen-bond acceptors (Lipinski definition) is 2. The number of carbonyl (C=O) groups excluding carboxylic acids is 2. The molecule has 0 heterocycles. The molecule has 4 amide bonds. The van der Waals surface area contributed by atoms with Crippen LogP contribution in [0.1, 0.15) is 77.6 Å². The first kappa shape index (κ1) is 27.6. The van der Waals surface area contributed by atoms with E-state index in [0.29, 0.717) is 0 Å². The largest absolute Gasteiger partial charge is 0.322 e. The second kappa shape index (κ2) is 11.8. The van der Waals surface area contributed by atoms with Gasteiger partial charge in [0.05, 0.1) is 0 Å². The van der Waals surface area contributed by atoms with E-state index in [-0.39, 0.29) is 36.2 Å². The average Bonchev–Trinajstić information content (AvgIpc) is 2.75. The zero-order valence-corrected chi connectivity index (χ0v) is 23.3. The molecule has 6 heteroatoms. The molecule has 196 valence electrons. The van der Waals surface area contributed by atoms with Gasteiger partial charge in [0.15, 0.2) is 0 Å². The quantitative estimate of drug-likeness (QED) is 0.462. The van der Waals surface area contributed by atoms with E-state index in [9.17, 15) is 9.59 Å². The molecule has 4 aliphatic carbocycles. The molecule has 4 aliphatic rings. The van der Waals surface area contributed by atoms with Crippen molar-refractivity contribution < 1.29 is 9.59 Å². The molecule has 4 bridgehead atoms. The molecule has 0 radical (unpaired) electrons. The van der Waals surface area contributed by atoms with Gasteiger partial charge in [-0.3, -0.25) is 0 Å². The van der Waals surface area contributed by atoms with Crippen LogP contribution in [-0.4, -0.2) is 46.0 Å². The fourth-order valence-electron chi connectivity index (χ4n) is 5.28. The molecular weight excluding hydrogens is 448 g/mol. The van der Waals surface area contributed by atoms with E-state index < -0.39 is 0 Å². The summed E-state index contributed by atoms with van der Waals surface area (Å²) >= 11 is 0. The maximum absolute atomic E-state index is 13.1. The minimum atomic E-state index is -0.0568. The van der Waals surface area contributed by atoms with Crippen molar-refractivity contribution >= 4 is 23.4 Å². The number of anilines is 2. The normalized spacial score (nSPS) is 13.2. The van der Waals surface area contributed by atoms with Crippen molar-refractivity contribution in [2.24, 2.45) is 0 Å². The Labute approximate surface area is 217 Å². The summed E-state index contributed by atoms with van der Waals surface area (Å²) in [5.41, 5.74) is 6.39. The number of rotatable bonds is 6. The van der Waals surface area contributed by atoms with Crippen LogP contribution < -0.4 is 10.6 Å². The average molecular weight is 493 g/mol. The maximum Gasteiger partial charge on any atom is 0.322 e. The minimum Gasteiger partial charge on any atom is -0.320 e. The van der Waals surface area contributed by atoms with Gasteiger partial charge < -0.3 is 20.4 Å². The summed E-state index contributed by atoms with van der Waals surface area (Å²) in [4.78, 5) is 30.0. The van der Waals surface area contributed by atoms with Crippen molar-refractivity contribution in [3.63, 3.8) is 0 Å². The predicted molar refractivity (Wildman–Crippen MR) is 150 cm³/mol. The molecular formula is C30H44N4O2. The lowest BCUT2D eigenvalue weighted by molar-refractivity contribution is 0.177. The smallest absolute Gasteiger partial charge is 0.320 e. The van der Waals surface area contributed by atoms with E-state index in [2.05, 4.69) is 47.0 Å². The lowest BCUT2D eigenvalue weighted by atomic mass is 9.94. The second-order valence-electron chi connectivity index (χ2n) is 11.0. The third-order valence-corrected chi connectivity index (χ3v) is 6.89. The molecule has 0 spiro atoms. The van der Waals surface area contributed by atoms with Gasteiger partial charge in [0.25, 0.3) is 0 Å². The molecule has 6 nitrogen and oxygen atoms in total. The van der Waals surface area contributed by atoms with Crippen LogP contribution in [0.4, 0.5) is 21.0 Å². The van der Waals surface area contributed by atoms with E-state index in [1.165, 1.54) is 11.1 Å². The lowest BCUT2D eigenvalue weighted by Crippen LogP contribution is -2.44. The molecule has 2 aromatic carbocycles. The number of hydrogen-bond donors (Lipinski definition) is 2.